The number of rotatable bonds is 5. The van der Waals surface area contributed by atoms with Crippen LogP contribution < -0.4 is 0 Å². The summed E-state index contributed by atoms with van der Waals surface area (Å²) < 4.78 is 25.5. The standard InChI is InChI=1S/C10H15ClN2O3S/c1-3-13(4-5-14)17(15,16)9-6-8(2)10(11)12-7-9/h6-7,14H,3-5H2,1-2H3. The zero-order valence-corrected chi connectivity index (χ0v) is 11.3. The van der Waals surface area contributed by atoms with Crippen molar-refractivity contribution >= 4 is 21.6 Å². The van der Waals surface area contributed by atoms with Gasteiger partial charge in [-0.1, -0.05) is 18.5 Å². The molecule has 0 radical (unpaired) electrons. The van der Waals surface area contributed by atoms with Crippen LogP contribution >= 0.6 is 11.6 Å². The summed E-state index contributed by atoms with van der Waals surface area (Å²) in [5, 5.41) is 9.12. The lowest BCUT2D eigenvalue weighted by Crippen LogP contribution is -2.33. The number of pyridine rings is 1. The fraction of sp³-hybridized carbons (Fsp3) is 0.500. The number of hydrogen-bond acceptors (Lipinski definition) is 4. The number of aliphatic hydroxyl groups excluding tert-OH is 1. The summed E-state index contributed by atoms with van der Waals surface area (Å²) in [5.74, 6) is 0. The van der Waals surface area contributed by atoms with Crippen LogP contribution in [0.5, 0.6) is 0 Å². The summed E-state index contributed by atoms with van der Waals surface area (Å²) in [6.45, 7) is 3.55. The van der Waals surface area contributed by atoms with Crippen LogP contribution in [0, 0.1) is 6.92 Å². The van der Waals surface area contributed by atoms with Crippen LogP contribution in [-0.4, -0.2) is 42.5 Å². The molecule has 96 valence electrons. The molecule has 17 heavy (non-hydrogen) atoms. The lowest BCUT2D eigenvalue weighted by molar-refractivity contribution is 0.257. The molecule has 0 spiro atoms. The topological polar surface area (TPSA) is 70.5 Å². The van der Waals surface area contributed by atoms with Gasteiger partial charge in [-0.2, -0.15) is 4.31 Å². The Balaban J connectivity index is 3.15. The van der Waals surface area contributed by atoms with Crippen LogP contribution in [-0.2, 0) is 10.0 Å². The van der Waals surface area contributed by atoms with Gasteiger partial charge < -0.3 is 5.11 Å². The van der Waals surface area contributed by atoms with Gasteiger partial charge in [0.05, 0.1) is 6.61 Å². The van der Waals surface area contributed by atoms with Gasteiger partial charge in [-0.05, 0) is 18.6 Å². The van der Waals surface area contributed by atoms with Gasteiger partial charge in [-0.3, -0.25) is 0 Å². The third-order valence-corrected chi connectivity index (χ3v) is 4.66. The molecule has 0 aliphatic rings. The fourth-order valence-corrected chi connectivity index (χ4v) is 2.96. The molecule has 1 aromatic rings. The number of hydrogen-bond donors (Lipinski definition) is 1. The Labute approximate surface area is 106 Å². The molecule has 0 aliphatic heterocycles. The van der Waals surface area contributed by atoms with E-state index in [0.717, 1.165) is 0 Å². The van der Waals surface area contributed by atoms with E-state index >= 15 is 0 Å². The van der Waals surface area contributed by atoms with Crippen LogP contribution in [0.25, 0.3) is 0 Å². The van der Waals surface area contributed by atoms with Gasteiger partial charge in [0.2, 0.25) is 10.0 Å². The van der Waals surface area contributed by atoms with Crippen LogP contribution in [0.15, 0.2) is 17.2 Å². The number of aromatic nitrogens is 1. The Morgan fingerprint density at radius 1 is 1.53 bits per heavy atom. The van der Waals surface area contributed by atoms with E-state index in [1.807, 2.05) is 0 Å². The van der Waals surface area contributed by atoms with Gasteiger partial charge in [0, 0.05) is 19.3 Å². The van der Waals surface area contributed by atoms with Crippen molar-refractivity contribution in [1.29, 1.82) is 0 Å². The van der Waals surface area contributed by atoms with E-state index in [0.29, 0.717) is 12.1 Å². The second kappa shape index (κ2) is 5.77. The summed E-state index contributed by atoms with van der Waals surface area (Å²) in [7, 11) is -3.60. The average Bonchev–Trinajstić information content (AvgIpc) is 2.29. The van der Waals surface area contributed by atoms with Crippen molar-refractivity contribution in [1.82, 2.24) is 9.29 Å². The Kier molecular flexibility index (Phi) is 4.88. The smallest absolute Gasteiger partial charge is 0.244 e. The van der Waals surface area contributed by atoms with E-state index in [-0.39, 0.29) is 23.2 Å². The summed E-state index contributed by atoms with van der Waals surface area (Å²) in [5.41, 5.74) is 0.604. The Hall–Kier alpha value is -0.690. The minimum atomic E-state index is -3.60. The third-order valence-electron chi connectivity index (χ3n) is 2.33. The van der Waals surface area contributed by atoms with Gasteiger partial charge in [0.15, 0.2) is 0 Å². The first kappa shape index (κ1) is 14.4. The minimum Gasteiger partial charge on any atom is -0.395 e. The number of aliphatic hydroxyl groups is 1. The van der Waals surface area contributed by atoms with Gasteiger partial charge in [0.25, 0.3) is 0 Å². The molecular formula is C10H15ClN2O3S. The number of sulfonamides is 1. The lowest BCUT2D eigenvalue weighted by Gasteiger charge is -2.19. The van der Waals surface area contributed by atoms with Gasteiger partial charge in [-0.25, -0.2) is 13.4 Å². The summed E-state index contributed by atoms with van der Waals surface area (Å²) in [4.78, 5) is 3.91. The second-order valence-corrected chi connectivity index (χ2v) is 5.79. The van der Waals surface area contributed by atoms with E-state index in [1.165, 1.54) is 16.6 Å². The molecule has 0 aromatic carbocycles. The van der Waals surface area contributed by atoms with Crippen molar-refractivity contribution in [3.8, 4) is 0 Å². The zero-order chi connectivity index (χ0) is 13.1. The number of halogens is 1. The van der Waals surface area contributed by atoms with E-state index in [4.69, 9.17) is 16.7 Å². The molecule has 1 rings (SSSR count). The highest BCUT2D eigenvalue weighted by Crippen LogP contribution is 2.19. The first-order valence-corrected chi connectivity index (χ1v) is 6.98. The molecule has 5 nitrogen and oxygen atoms in total. The highest BCUT2D eigenvalue weighted by Gasteiger charge is 2.23. The molecule has 0 bridgehead atoms. The van der Waals surface area contributed by atoms with Crippen molar-refractivity contribution in [2.24, 2.45) is 0 Å². The molecule has 0 fully saturated rings. The molecule has 0 atom stereocenters. The molecule has 7 heteroatoms. The maximum Gasteiger partial charge on any atom is 0.244 e. The van der Waals surface area contributed by atoms with Crippen molar-refractivity contribution in [2.75, 3.05) is 19.7 Å². The summed E-state index contributed by atoms with van der Waals surface area (Å²) >= 11 is 5.75. The number of aryl methyl sites for hydroxylation is 1. The molecule has 0 saturated heterocycles. The van der Waals surface area contributed by atoms with Crippen molar-refractivity contribution in [2.45, 2.75) is 18.7 Å². The normalized spacial score (nSPS) is 12.1. The first-order valence-electron chi connectivity index (χ1n) is 5.16. The maximum atomic E-state index is 12.1. The van der Waals surface area contributed by atoms with Crippen LogP contribution in [0.2, 0.25) is 5.15 Å². The van der Waals surface area contributed by atoms with Gasteiger partial charge in [-0.15, -0.1) is 0 Å². The summed E-state index contributed by atoms with van der Waals surface area (Å²) in [6, 6.07) is 1.48. The molecule has 0 amide bonds. The predicted molar refractivity (Wildman–Crippen MR) is 65.5 cm³/mol. The Morgan fingerprint density at radius 2 is 2.18 bits per heavy atom. The van der Waals surface area contributed by atoms with Gasteiger partial charge >= 0.3 is 0 Å². The highest BCUT2D eigenvalue weighted by molar-refractivity contribution is 7.89. The predicted octanol–water partition coefficient (Wildman–Crippen LogP) is 1.05. The molecular weight excluding hydrogens is 264 g/mol. The largest absolute Gasteiger partial charge is 0.395 e. The van der Waals surface area contributed by atoms with Crippen LogP contribution in [0.1, 0.15) is 12.5 Å². The molecule has 1 N–H and O–H groups in total. The second-order valence-electron chi connectivity index (χ2n) is 3.50. The average molecular weight is 279 g/mol. The molecule has 0 saturated carbocycles. The first-order chi connectivity index (χ1) is 7.93. The van der Waals surface area contributed by atoms with Crippen molar-refractivity contribution in [3.05, 3.63) is 23.0 Å². The molecule has 1 aromatic heterocycles. The Bertz CT molecular complexity index is 490. The van der Waals surface area contributed by atoms with Crippen molar-refractivity contribution in [3.63, 3.8) is 0 Å². The van der Waals surface area contributed by atoms with E-state index in [9.17, 15) is 8.42 Å². The third kappa shape index (κ3) is 3.16. The van der Waals surface area contributed by atoms with Crippen molar-refractivity contribution < 1.29 is 13.5 Å². The van der Waals surface area contributed by atoms with Crippen LogP contribution in [0.4, 0.5) is 0 Å². The molecule has 1 heterocycles. The van der Waals surface area contributed by atoms with Gasteiger partial charge in [0.1, 0.15) is 10.0 Å². The van der Waals surface area contributed by atoms with Crippen LogP contribution in [0.3, 0.4) is 0 Å². The fourth-order valence-electron chi connectivity index (χ4n) is 1.38. The Morgan fingerprint density at radius 3 is 2.65 bits per heavy atom. The number of likely N-dealkylation sites (N-methyl/N-ethyl adjacent to an activating group) is 1. The molecule has 0 aliphatic carbocycles. The van der Waals surface area contributed by atoms with E-state index in [2.05, 4.69) is 4.98 Å². The monoisotopic (exact) mass is 278 g/mol. The quantitative estimate of drug-likeness (QED) is 0.817. The lowest BCUT2D eigenvalue weighted by atomic mass is 10.3. The highest BCUT2D eigenvalue weighted by atomic mass is 35.5. The summed E-state index contributed by atoms with van der Waals surface area (Å²) in [6.07, 6.45) is 1.23. The SMILES string of the molecule is CCN(CCO)S(=O)(=O)c1cnc(Cl)c(C)c1. The van der Waals surface area contributed by atoms with E-state index in [1.54, 1.807) is 13.8 Å². The van der Waals surface area contributed by atoms with E-state index < -0.39 is 10.0 Å². The number of nitrogens with zero attached hydrogens (tertiary/aromatic N) is 2. The maximum absolute atomic E-state index is 12.1. The zero-order valence-electron chi connectivity index (χ0n) is 9.72. The minimum absolute atomic E-state index is 0.0699. The molecule has 0 unspecified atom stereocenters.